The zero-order chi connectivity index (χ0) is 14.0. The predicted octanol–water partition coefficient (Wildman–Crippen LogP) is 4.46. The average molecular weight is 322 g/mol. The van der Waals surface area contributed by atoms with Crippen molar-refractivity contribution in [3.8, 4) is 0 Å². The van der Waals surface area contributed by atoms with Crippen LogP contribution in [0.4, 0.5) is 10.1 Å². The van der Waals surface area contributed by atoms with E-state index in [4.69, 9.17) is 0 Å². The first kappa shape index (κ1) is 13.7. The Labute approximate surface area is 119 Å². The third kappa shape index (κ3) is 3.01. The summed E-state index contributed by atoms with van der Waals surface area (Å²) in [5.41, 5.74) is 2.52. The van der Waals surface area contributed by atoms with Gasteiger partial charge in [-0.3, -0.25) is 4.79 Å². The number of benzene rings is 2. The van der Waals surface area contributed by atoms with Crippen molar-refractivity contribution in [3.63, 3.8) is 0 Å². The highest BCUT2D eigenvalue weighted by Crippen LogP contribution is 2.23. The molecule has 0 saturated heterocycles. The van der Waals surface area contributed by atoms with Crippen LogP contribution in [0.2, 0.25) is 0 Å². The summed E-state index contributed by atoms with van der Waals surface area (Å²) in [7, 11) is 0. The summed E-state index contributed by atoms with van der Waals surface area (Å²) in [4.78, 5) is 12.1. The van der Waals surface area contributed by atoms with E-state index in [-0.39, 0.29) is 11.6 Å². The van der Waals surface area contributed by atoms with Gasteiger partial charge in [0.2, 0.25) is 0 Å². The van der Waals surface area contributed by atoms with Crippen molar-refractivity contribution in [2.45, 2.75) is 13.8 Å². The number of hydrogen-bond donors (Lipinski definition) is 1. The molecule has 1 N–H and O–H groups in total. The van der Waals surface area contributed by atoms with Crippen molar-refractivity contribution >= 4 is 27.5 Å². The van der Waals surface area contributed by atoms with Crippen LogP contribution in [0.15, 0.2) is 40.9 Å². The largest absolute Gasteiger partial charge is 0.319 e. The Morgan fingerprint density at radius 1 is 1.21 bits per heavy atom. The number of rotatable bonds is 2. The van der Waals surface area contributed by atoms with E-state index in [1.54, 1.807) is 24.3 Å². The fourth-order valence-electron chi connectivity index (χ4n) is 1.75. The Balaban J connectivity index is 2.31. The highest BCUT2D eigenvalue weighted by atomic mass is 79.9. The molecule has 0 fully saturated rings. The third-order valence-corrected chi connectivity index (χ3v) is 3.86. The van der Waals surface area contributed by atoms with Crippen molar-refractivity contribution in [2.24, 2.45) is 0 Å². The number of hydrogen-bond acceptors (Lipinski definition) is 1. The number of anilines is 1. The molecule has 4 heteroatoms. The molecule has 19 heavy (non-hydrogen) atoms. The molecular formula is C15H13BrFNO. The minimum absolute atomic E-state index is 0.193. The van der Waals surface area contributed by atoms with Crippen LogP contribution in [-0.4, -0.2) is 5.91 Å². The number of halogens is 2. The molecule has 0 heterocycles. The Hall–Kier alpha value is -1.68. The van der Waals surface area contributed by atoms with E-state index < -0.39 is 5.82 Å². The molecule has 2 aromatic carbocycles. The predicted molar refractivity (Wildman–Crippen MR) is 78.0 cm³/mol. The van der Waals surface area contributed by atoms with Crippen LogP contribution in [0.25, 0.3) is 0 Å². The Morgan fingerprint density at radius 3 is 2.68 bits per heavy atom. The lowest BCUT2D eigenvalue weighted by molar-refractivity contribution is 0.102. The summed E-state index contributed by atoms with van der Waals surface area (Å²) in [6, 6.07) is 10.00. The fraction of sp³-hybridized carbons (Fsp3) is 0.133. The Morgan fingerprint density at radius 2 is 1.95 bits per heavy atom. The summed E-state index contributed by atoms with van der Waals surface area (Å²) in [5.74, 6) is -0.775. The molecule has 0 aliphatic rings. The minimum atomic E-state index is -0.442. The van der Waals surface area contributed by atoms with Gasteiger partial charge in [-0.15, -0.1) is 0 Å². The number of carbonyl (C=O) groups excluding carboxylic acids is 1. The Bertz CT molecular complexity index is 640. The van der Waals surface area contributed by atoms with Gasteiger partial charge in [0.15, 0.2) is 0 Å². The summed E-state index contributed by atoms with van der Waals surface area (Å²) >= 11 is 3.37. The molecule has 0 atom stereocenters. The van der Waals surface area contributed by atoms with Crippen LogP contribution in [0.3, 0.4) is 0 Å². The van der Waals surface area contributed by atoms with E-state index in [1.807, 2.05) is 19.9 Å². The zero-order valence-electron chi connectivity index (χ0n) is 10.6. The smallest absolute Gasteiger partial charge is 0.256 e. The van der Waals surface area contributed by atoms with Crippen molar-refractivity contribution in [1.29, 1.82) is 0 Å². The van der Waals surface area contributed by atoms with Gasteiger partial charge in [-0.25, -0.2) is 4.39 Å². The first-order chi connectivity index (χ1) is 8.99. The number of amides is 1. The molecule has 0 aliphatic carbocycles. The van der Waals surface area contributed by atoms with E-state index in [2.05, 4.69) is 21.2 Å². The summed E-state index contributed by atoms with van der Waals surface area (Å²) in [5, 5.41) is 2.59. The van der Waals surface area contributed by atoms with Crippen LogP contribution in [0, 0.1) is 19.7 Å². The second-order valence-corrected chi connectivity index (χ2v) is 5.17. The van der Waals surface area contributed by atoms with Gasteiger partial charge in [-0.2, -0.15) is 0 Å². The zero-order valence-corrected chi connectivity index (χ0v) is 12.2. The number of carbonyl (C=O) groups is 1. The normalized spacial score (nSPS) is 10.3. The van der Waals surface area contributed by atoms with E-state index in [9.17, 15) is 9.18 Å². The first-order valence-corrected chi connectivity index (χ1v) is 6.61. The molecule has 2 nitrogen and oxygen atoms in total. The van der Waals surface area contributed by atoms with Crippen molar-refractivity contribution < 1.29 is 9.18 Å². The maximum Gasteiger partial charge on any atom is 0.256 e. The molecule has 0 bridgehead atoms. The standard InChI is InChI=1S/C15H13BrFNO/c1-9-6-7-12(17)13(8-9)18-15(19)11-5-3-4-10(2)14(11)16/h3-8H,1-2H3,(H,18,19). The van der Waals surface area contributed by atoms with Crippen LogP contribution in [0.5, 0.6) is 0 Å². The van der Waals surface area contributed by atoms with Gasteiger partial charge in [0.05, 0.1) is 11.3 Å². The van der Waals surface area contributed by atoms with Gasteiger partial charge in [-0.05, 0) is 59.1 Å². The molecular weight excluding hydrogens is 309 g/mol. The second kappa shape index (κ2) is 5.53. The Kier molecular flexibility index (Phi) is 4.00. The third-order valence-electron chi connectivity index (χ3n) is 2.81. The molecule has 0 radical (unpaired) electrons. The topological polar surface area (TPSA) is 29.1 Å². The van der Waals surface area contributed by atoms with E-state index in [0.717, 1.165) is 15.6 Å². The fourth-order valence-corrected chi connectivity index (χ4v) is 2.19. The first-order valence-electron chi connectivity index (χ1n) is 5.81. The van der Waals surface area contributed by atoms with Gasteiger partial charge in [0, 0.05) is 4.47 Å². The average Bonchev–Trinajstić information content (AvgIpc) is 2.37. The quantitative estimate of drug-likeness (QED) is 0.869. The lowest BCUT2D eigenvalue weighted by Crippen LogP contribution is -2.14. The second-order valence-electron chi connectivity index (χ2n) is 4.37. The van der Waals surface area contributed by atoms with Gasteiger partial charge in [0.1, 0.15) is 5.82 Å². The van der Waals surface area contributed by atoms with Crippen LogP contribution in [-0.2, 0) is 0 Å². The summed E-state index contributed by atoms with van der Waals surface area (Å²) in [6.07, 6.45) is 0. The molecule has 2 rings (SSSR count). The van der Waals surface area contributed by atoms with Gasteiger partial charge >= 0.3 is 0 Å². The molecule has 98 valence electrons. The molecule has 2 aromatic rings. The van der Waals surface area contributed by atoms with Gasteiger partial charge in [-0.1, -0.05) is 18.2 Å². The molecule has 0 aromatic heterocycles. The number of aryl methyl sites for hydroxylation is 2. The molecule has 0 spiro atoms. The van der Waals surface area contributed by atoms with Crippen molar-refractivity contribution in [2.75, 3.05) is 5.32 Å². The summed E-state index contributed by atoms with van der Waals surface area (Å²) in [6.45, 7) is 3.74. The monoisotopic (exact) mass is 321 g/mol. The van der Waals surface area contributed by atoms with Crippen molar-refractivity contribution in [1.82, 2.24) is 0 Å². The van der Waals surface area contributed by atoms with Crippen LogP contribution < -0.4 is 5.32 Å². The van der Waals surface area contributed by atoms with Gasteiger partial charge in [0.25, 0.3) is 5.91 Å². The molecule has 0 saturated carbocycles. The van der Waals surface area contributed by atoms with E-state index in [1.165, 1.54) is 6.07 Å². The molecule has 0 unspecified atom stereocenters. The van der Waals surface area contributed by atoms with Crippen molar-refractivity contribution in [3.05, 3.63) is 63.4 Å². The maximum atomic E-state index is 13.6. The summed E-state index contributed by atoms with van der Waals surface area (Å²) < 4.78 is 14.3. The van der Waals surface area contributed by atoms with E-state index in [0.29, 0.717) is 5.56 Å². The maximum absolute atomic E-state index is 13.6. The minimum Gasteiger partial charge on any atom is -0.319 e. The number of nitrogens with one attached hydrogen (secondary N) is 1. The SMILES string of the molecule is Cc1ccc(F)c(NC(=O)c2cccc(C)c2Br)c1. The van der Waals surface area contributed by atoms with Crippen LogP contribution in [0.1, 0.15) is 21.5 Å². The van der Waals surface area contributed by atoms with E-state index >= 15 is 0 Å². The highest BCUT2D eigenvalue weighted by molar-refractivity contribution is 9.10. The van der Waals surface area contributed by atoms with Crippen LogP contribution >= 0.6 is 15.9 Å². The van der Waals surface area contributed by atoms with Gasteiger partial charge < -0.3 is 5.32 Å². The highest BCUT2D eigenvalue weighted by Gasteiger charge is 2.13. The molecule has 1 amide bonds. The lowest BCUT2D eigenvalue weighted by Gasteiger charge is -2.09. The molecule has 0 aliphatic heterocycles. The lowest BCUT2D eigenvalue weighted by atomic mass is 10.1.